The molecule has 2 aromatic rings. The fraction of sp³-hybridized carbons (Fsp3) is 0.350. The van der Waals surface area contributed by atoms with E-state index in [2.05, 4.69) is 22.3 Å². The van der Waals surface area contributed by atoms with Crippen LogP contribution < -0.4 is 5.32 Å². The minimum absolute atomic E-state index is 0.0601. The highest BCUT2D eigenvalue weighted by Crippen LogP contribution is 2.24. The zero-order valence-electron chi connectivity index (χ0n) is 14.6. The maximum atomic E-state index is 12.4. The Morgan fingerprint density at radius 1 is 1.12 bits per heavy atom. The van der Waals surface area contributed by atoms with Crippen molar-refractivity contribution in [1.82, 2.24) is 10.2 Å². The van der Waals surface area contributed by atoms with Gasteiger partial charge in [-0.3, -0.25) is 19.8 Å². The van der Waals surface area contributed by atoms with E-state index in [9.17, 15) is 14.9 Å². The molecule has 0 radical (unpaired) electrons. The minimum Gasteiger partial charge on any atom is -0.308 e. The lowest BCUT2D eigenvalue weighted by atomic mass is 10.1. The van der Waals surface area contributed by atoms with Gasteiger partial charge in [0.2, 0.25) is 0 Å². The molecule has 1 N–H and O–H groups in total. The second kappa shape index (κ2) is 8.69. The molecular weight excluding hydrogens is 330 g/mol. The monoisotopic (exact) mass is 353 g/mol. The maximum Gasteiger partial charge on any atom is 0.270 e. The van der Waals surface area contributed by atoms with Crippen molar-refractivity contribution in [2.24, 2.45) is 0 Å². The van der Waals surface area contributed by atoms with Crippen molar-refractivity contribution in [3.63, 3.8) is 0 Å². The van der Waals surface area contributed by atoms with E-state index in [4.69, 9.17) is 0 Å². The zero-order chi connectivity index (χ0) is 18.4. The quantitative estimate of drug-likeness (QED) is 0.448. The number of likely N-dealkylation sites (tertiary alicyclic amines) is 1. The van der Waals surface area contributed by atoms with Crippen molar-refractivity contribution in [2.75, 3.05) is 26.2 Å². The van der Waals surface area contributed by atoms with E-state index in [1.54, 1.807) is 12.1 Å². The summed E-state index contributed by atoms with van der Waals surface area (Å²) in [6, 6.07) is 16.4. The molecule has 0 bridgehead atoms. The second-order valence-corrected chi connectivity index (χ2v) is 6.53. The average molecular weight is 353 g/mol. The first-order chi connectivity index (χ1) is 12.6. The SMILES string of the molecule is O=C(CNCC(c1ccccc1)N1CCCC1)c1cccc([N+](=O)[O-])c1. The number of ketones is 1. The lowest BCUT2D eigenvalue weighted by Crippen LogP contribution is -2.36. The molecule has 0 amide bonds. The van der Waals surface area contributed by atoms with Crippen molar-refractivity contribution in [3.8, 4) is 0 Å². The summed E-state index contributed by atoms with van der Waals surface area (Å²) in [5.41, 5.74) is 1.55. The average Bonchev–Trinajstić information content (AvgIpc) is 3.20. The molecule has 1 unspecified atom stereocenters. The van der Waals surface area contributed by atoms with Crippen molar-refractivity contribution >= 4 is 11.5 Å². The van der Waals surface area contributed by atoms with Crippen LogP contribution >= 0.6 is 0 Å². The van der Waals surface area contributed by atoms with Gasteiger partial charge in [-0.15, -0.1) is 0 Å². The van der Waals surface area contributed by atoms with Gasteiger partial charge in [0.05, 0.1) is 11.5 Å². The molecule has 136 valence electrons. The van der Waals surface area contributed by atoms with Gasteiger partial charge in [0.1, 0.15) is 0 Å². The van der Waals surface area contributed by atoms with Gasteiger partial charge in [0.15, 0.2) is 5.78 Å². The Bertz CT molecular complexity index is 758. The predicted molar refractivity (Wildman–Crippen MR) is 100 cm³/mol. The van der Waals surface area contributed by atoms with Gasteiger partial charge in [-0.05, 0) is 31.5 Å². The number of Topliss-reactive ketones (excluding diaryl/α,β-unsaturated/α-hetero) is 1. The molecule has 1 atom stereocenters. The van der Waals surface area contributed by atoms with Crippen LogP contribution in [-0.2, 0) is 0 Å². The van der Waals surface area contributed by atoms with Crippen LogP contribution in [0.4, 0.5) is 5.69 Å². The van der Waals surface area contributed by atoms with E-state index in [0.717, 1.165) is 13.1 Å². The number of carbonyl (C=O) groups excluding carboxylic acids is 1. The molecule has 26 heavy (non-hydrogen) atoms. The van der Waals surface area contributed by atoms with Gasteiger partial charge in [-0.25, -0.2) is 0 Å². The molecule has 0 aromatic heterocycles. The lowest BCUT2D eigenvalue weighted by molar-refractivity contribution is -0.384. The molecule has 1 heterocycles. The van der Waals surface area contributed by atoms with E-state index in [1.807, 2.05) is 18.2 Å². The Kier molecular flexibility index (Phi) is 6.09. The third-order valence-electron chi connectivity index (χ3n) is 4.77. The Hall–Kier alpha value is -2.57. The van der Waals surface area contributed by atoms with Crippen LogP contribution in [0.1, 0.15) is 34.8 Å². The predicted octanol–water partition coefficient (Wildman–Crippen LogP) is 3.20. The highest BCUT2D eigenvalue weighted by Gasteiger charge is 2.23. The molecule has 1 fully saturated rings. The summed E-state index contributed by atoms with van der Waals surface area (Å²) in [6.45, 7) is 2.98. The number of rotatable bonds is 8. The van der Waals surface area contributed by atoms with E-state index in [0.29, 0.717) is 12.1 Å². The third kappa shape index (κ3) is 4.53. The molecule has 6 heteroatoms. The van der Waals surface area contributed by atoms with Gasteiger partial charge in [-0.1, -0.05) is 42.5 Å². The Morgan fingerprint density at radius 2 is 1.85 bits per heavy atom. The number of nitrogens with zero attached hydrogens (tertiary/aromatic N) is 2. The van der Waals surface area contributed by atoms with E-state index < -0.39 is 4.92 Å². The zero-order valence-corrected chi connectivity index (χ0v) is 14.6. The largest absolute Gasteiger partial charge is 0.308 e. The summed E-state index contributed by atoms with van der Waals surface area (Å²) in [4.78, 5) is 25.2. The molecule has 1 aliphatic heterocycles. The van der Waals surface area contributed by atoms with E-state index in [1.165, 1.54) is 30.5 Å². The number of benzene rings is 2. The number of hydrogen-bond acceptors (Lipinski definition) is 5. The standard InChI is InChI=1S/C20H23N3O3/c24-20(17-9-6-10-18(13-17)23(25)26)15-21-14-19(22-11-4-5-12-22)16-7-2-1-3-8-16/h1-3,6-10,13,19,21H,4-5,11-12,14-15H2. The molecule has 1 saturated heterocycles. The molecule has 3 rings (SSSR count). The molecule has 0 saturated carbocycles. The van der Waals surface area contributed by atoms with Crippen molar-refractivity contribution in [1.29, 1.82) is 0 Å². The minimum atomic E-state index is -0.483. The fourth-order valence-electron chi connectivity index (χ4n) is 3.40. The first-order valence-electron chi connectivity index (χ1n) is 8.92. The topological polar surface area (TPSA) is 75.5 Å². The number of nitrogens with one attached hydrogen (secondary N) is 1. The van der Waals surface area contributed by atoms with Crippen LogP contribution in [0.5, 0.6) is 0 Å². The van der Waals surface area contributed by atoms with Crippen LogP contribution in [0.25, 0.3) is 0 Å². The lowest BCUT2D eigenvalue weighted by Gasteiger charge is -2.28. The molecular formula is C20H23N3O3. The van der Waals surface area contributed by atoms with Crippen LogP contribution in [0.3, 0.4) is 0 Å². The Morgan fingerprint density at radius 3 is 2.54 bits per heavy atom. The molecule has 1 aliphatic rings. The molecule has 6 nitrogen and oxygen atoms in total. The number of hydrogen-bond donors (Lipinski definition) is 1. The summed E-state index contributed by atoms with van der Waals surface area (Å²) < 4.78 is 0. The van der Waals surface area contributed by atoms with Gasteiger partial charge < -0.3 is 5.32 Å². The number of nitro groups is 1. The van der Waals surface area contributed by atoms with Gasteiger partial charge in [-0.2, -0.15) is 0 Å². The van der Waals surface area contributed by atoms with Crippen LogP contribution in [0.2, 0.25) is 0 Å². The van der Waals surface area contributed by atoms with Crippen molar-refractivity contribution < 1.29 is 9.72 Å². The smallest absolute Gasteiger partial charge is 0.270 e. The van der Waals surface area contributed by atoms with Crippen molar-refractivity contribution in [3.05, 3.63) is 75.8 Å². The van der Waals surface area contributed by atoms with Crippen LogP contribution in [-0.4, -0.2) is 41.8 Å². The highest BCUT2D eigenvalue weighted by atomic mass is 16.6. The van der Waals surface area contributed by atoms with E-state index in [-0.39, 0.29) is 24.1 Å². The summed E-state index contributed by atoms with van der Waals surface area (Å²) in [6.07, 6.45) is 2.41. The molecule has 0 spiro atoms. The molecule has 2 aromatic carbocycles. The fourth-order valence-corrected chi connectivity index (χ4v) is 3.40. The number of nitro benzene ring substituents is 1. The highest BCUT2D eigenvalue weighted by molar-refractivity contribution is 5.98. The Labute approximate surface area is 153 Å². The van der Waals surface area contributed by atoms with Crippen LogP contribution in [0, 0.1) is 10.1 Å². The maximum absolute atomic E-state index is 12.4. The van der Waals surface area contributed by atoms with Gasteiger partial charge in [0, 0.05) is 30.3 Å². The summed E-state index contributed by atoms with van der Waals surface area (Å²) >= 11 is 0. The first-order valence-corrected chi connectivity index (χ1v) is 8.92. The summed E-state index contributed by atoms with van der Waals surface area (Å²) in [5, 5.41) is 14.1. The second-order valence-electron chi connectivity index (χ2n) is 6.53. The third-order valence-corrected chi connectivity index (χ3v) is 4.77. The van der Waals surface area contributed by atoms with Gasteiger partial charge >= 0.3 is 0 Å². The Balaban J connectivity index is 1.61. The number of non-ortho nitro benzene ring substituents is 1. The summed E-state index contributed by atoms with van der Waals surface area (Å²) in [5.74, 6) is -0.137. The van der Waals surface area contributed by atoms with Gasteiger partial charge in [0.25, 0.3) is 5.69 Å². The van der Waals surface area contributed by atoms with Crippen LogP contribution in [0.15, 0.2) is 54.6 Å². The molecule has 0 aliphatic carbocycles. The van der Waals surface area contributed by atoms with E-state index >= 15 is 0 Å². The first kappa shape index (κ1) is 18.2. The normalized spacial score (nSPS) is 15.7. The summed E-state index contributed by atoms with van der Waals surface area (Å²) in [7, 11) is 0. The number of carbonyl (C=O) groups is 1. The van der Waals surface area contributed by atoms with Crippen molar-refractivity contribution in [2.45, 2.75) is 18.9 Å².